The van der Waals surface area contributed by atoms with E-state index in [9.17, 15) is 14.4 Å². The molecule has 2 aliphatic heterocycles. The van der Waals surface area contributed by atoms with Crippen molar-refractivity contribution in [3.05, 3.63) is 21.4 Å². The van der Waals surface area contributed by atoms with E-state index < -0.39 is 11.6 Å². The van der Waals surface area contributed by atoms with E-state index in [1.165, 1.54) is 4.88 Å². The average molecular weight is 394 g/mol. The third kappa shape index (κ3) is 4.32. The van der Waals surface area contributed by atoms with Crippen LogP contribution in [0.25, 0.3) is 0 Å². The van der Waals surface area contributed by atoms with Gasteiger partial charge in [-0.25, -0.2) is 0 Å². The zero-order valence-corrected chi connectivity index (χ0v) is 16.4. The van der Waals surface area contributed by atoms with Gasteiger partial charge < -0.3 is 20.1 Å². The summed E-state index contributed by atoms with van der Waals surface area (Å²) in [4.78, 5) is 38.8. The van der Waals surface area contributed by atoms with Crippen molar-refractivity contribution < 1.29 is 24.2 Å². The van der Waals surface area contributed by atoms with Gasteiger partial charge in [0.2, 0.25) is 5.91 Å². The van der Waals surface area contributed by atoms with Crippen molar-refractivity contribution in [3.63, 3.8) is 0 Å². The van der Waals surface area contributed by atoms with Gasteiger partial charge in [-0.05, 0) is 30.9 Å². The summed E-state index contributed by atoms with van der Waals surface area (Å²) in [7, 11) is 0. The van der Waals surface area contributed by atoms with Crippen molar-refractivity contribution in [2.75, 3.05) is 26.2 Å². The van der Waals surface area contributed by atoms with E-state index in [-0.39, 0.29) is 24.7 Å². The molecule has 27 heavy (non-hydrogen) atoms. The molecule has 2 aliphatic rings. The highest BCUT2D eigenvalue weighted by atomic mass is 32.1. The first-order chi connectivity index (χ1) is 12.9. The summed E-state index contributed by atoms with van der Waals surface area (Å²) in [6, 6.07) is 1.96. The number of carbonyl (C=O) groups is 3. The van der Waals surface area contributed by atoms with E-state index in [0.29, 0.717) is 39.1 Å². The van der Waals surface area contributed by atoms with Gasteiger partial charge in [0.1, 0.15) is 0 Å². The molecule has 1 spiro atoms. The molecule has 3 rings (SSSR count). The quantitative estimate of drug-likeness (QED) is 0.771. The highest BCUT2D eigenvalue weighted by Gasteiger charge is 2.43. The van der Waals surface area contributed by atoms with Gasteiger partial charge in [-0.2, -0.15) is 0 Å². The van der Waals surface area contributed by atoms with Gasteiger partial charge in [0.25, 0.3) is 5.91 Å². The fraction of sp³-hybridized carbons (Fsp3) is 0.632. The number of piperidine rings is 1. The number of hydrogen-bond donors (Lipinski definition) is 2. The van der Waals surface area contributed by atoms with Crippen LogP contribution in [0.1, 0.15) is 59.1 Å². The minimum Gasteiger partial charge on any atom is -0.481 e. The van der Waals surface area contributed by atoms with Crippen LogP contribution in [0, 0.1) is 0 Å². The largest absolute Gasteiger partial charge is 0.481 e. The molecule has 148 valence electrons. The molecule has 1 aromatic rings. The average Bonchev–Trinajstić information content (AvgIpc) is 3.11. The zero-order chi connectivity index (χ0) is 19.4. The van der Waals surface area contributed by atoms with Crippen molar-refractivity contribution in [2.24, 2.45) is 0 Å². The van der Waals surface area contributed by atoms with Gasteiger partial charge in [-0.15, -0.1) is 11.3 Å². The summed E-state index contributed by atoms with van der Waals surface area (Å²) in [5.74, 6) is -1.11. The maximum absolute atomic E-state index is 12.3. The number of carboxylic acids is 1. The molecule has 2 N–H and O–H groups in total. The molecule has 1 saturated heterocycles. The summed E-state index contributed by atoms with van der Waals surface area (Å²) in [5.41, 5.74) is 0.662. The van der Waals surface area contributed by atoms with E-state index in [0.717, 1.165) is 23.3 Å². The lowest BCUT2D eigenvalue weighted by Gasteiger charge is -2.44. The second-order valence-corrected chi connectivity index (χ2v) is 8.21. The predicted octanol–water partition coefficient (Wildman–Crippen LogP) is 2.14. The Balaban J connectivity index is 1.69. The molecule has 3 heterocycles. The number of amides is 2. The molecule has 0 saturated carbocycles. The maximum atomic E-state index is 12.3. The Morgan fingerprint density at radius 1 is 1.30 bits per heavy atom. The number of likely N-dealkylation sites (tertiary alicyclic amines) is 1. The predicted molar refractivity (Wildman–Crippen MR) is 101 cm³/mol. The molecule has 0 aliphatic carbocycles. The van der Waals surface area contributed by atoms with E-state index in [2.05, 4.69) is 5.32 Å². The normalized spacial score (nSPS) is 18.2. The van der Waals surface area contributed by atoms with Crippen LogP contribution >= 0.6 is 11.3 Å². The van der Waals surface area contributed by atoms with E-state index >= 15 is 0 Å². The lowest BCUT2D eigenvalue weighted by molar-refractivity contribution is -0.145. The molecule has 0 bridgehead atoms. The van der Waals surface area contributed by atoms with Crippen LogP contribution in [0.15, 0.2) is 6.07 Å². The first-order valence-corrected chi connectivity index (χ1v) is 10.3. The first-order valence-electron chi connectivity index (χ1n) is 9.50. The van der Waals surface area contributed by atoms with Crippen molar-refractivity contribution in [2.45, 2.75) is 51.0 Å². The number of thiophene rings is 1. The van der Waals surface area contributed by atoms with Crippen molar-refractivity contribution in [3.8, 4) is 0 Å². The fourth-order valence-corrected chi connectivity index (χ4v) is 4.90. The molecule has 0 unspecified atom stereocenters. The summed E-state index contributed by atoms with van der Waals surface area (Å²) in [6.45, 7) is 4.40. The first kappa shape index (κ1) is 19.8. The number of rotatable bonds is 6. The number of aliphatic carboxylic acids is 1. The van der Waals surface area contributed by atoms with Gasteiger partial charge in [0, 0.05) is 37.4 Å². The van der Waals surface area contributed by atoms with E-state index in [1.807, 2.05) is 13.0 Å². The maximum Gasteiger partial charge on any atom is 0.303 e. The number of carbonyl (C=O) groups excluding carboxylic acids is 2. The molecule has 1 fully saturated rings. The summed E-state index contributed by atoms with van der Waals surface area (Å²) >= 11 is 1.54. The highest BCUT2D eigenvalue weighted by molar-refractivity contribution is 7.14. The van der Waals surface area contributed by atoms with Crippen LogP contribution in [-0.2, 0) is 26.3 Å². The van der Waals surface area contributed by atoms with Crippen LogP contribution in [-0.4, -0.2) is 54.0 Å². The monoisotopic (exact) mass is 394 g/mol. The minimum absolute atomic E-state index is 0.0346. The Kier molecular flexibility index (Phi) is 6.16. The Labute approximate surface area is 162 Å². The molecule has 2 amide bonds. The molecule has 0 atom stereocenters. The van der Waals surface area contributed by atoms with Crippen LogP contribution < -0.4 is 5.32 Å². The highest BCUT2D eigenvalue weighted by Crippen LogP contribution is 2.44. The van der Waals surface area contributed by atoms with Crippen LogP contribution in [0.2, 0.25) is 0 Å². The smallest absolute Gasteiger partial charge is 0.303 e. The van der Waals surface area contributed by atoms with Gasteiger partial charge >= 0.3 is 5.97 Å². The summed E-state index contributed by atoms with van der Waals surface area (Å²) in [6.07, 6.45) is 2.95. The molecule has 1 aromatic heterocycles. The number of nitrogens with zero attached hydrogens (tertiary/aromatic N) is 1. The van der Waals surface area contributed by atoms with Gasteiger partial charge in [0.05, 0.1) is 23.5 Å². The Morgan fingerprint density at radius 2 is 2.04 bits per heavy atom. The second-order valence-electron chi connectivity index (χ2n) is 7.07. The third-order valence-electron chi connectivity index (χ3n) is 5.24. The van der Waals surface area contributed by atoms with Crippen molar-refractivity contribution in [1.29, 1.82) is 0 Å². The minimum atomic E-state index is -0.954. The Morgan fingerprint density at radius 3 is 2.70 bits per heavy atom. The lowest BCUT2D eigenvalue weighted by Crippen LogP contribution is -2.48. The summed E-state index contributed by atoms with van der Waals surface area (Å²) < 4.78 is 6.18. The molecule has 7 nitrogen and oxygen atoms in total. The number of fused-ring (bicyclic) bond motifs is 2. The Hall–Kier alpha value is -1.93. The molecule has 8 heteroatoms. The number of nitrogens with one attached hydrogen (secondary N) is 1. The lowest BCUT2D eigenvalue weighted by atomic mass is 9.82. The van der Waals surface area contributed by atoms with Crippen molar-refractivity contribution >= 4 is 29.1 Å². The topological polar surface area (TPSA) is 95.9 Å². The second kappa shape index (κ2) is 8.39. The zero-order valence-electron chi connectivity index (χ0n) is 15.6. The van der Waals surface area contributed by atoms with Crippen molar-refractivity contribution in [1.82, 2.24) is 10.2 Å². The molecule has 0 aromatic carbocycles. The number of hydrogen-bond acceptors (Lipinski definition) is 5. The SMILES string of the molecule is CCCNC(=O)c1cc2c(s1)CCOC21CCN(C(=O)CCC(=O)O)CC1. The number of carboxylic acid groups (broad SMARTS) is 1. The van der Waals surface area contributed by atoms with Crippen LogP contribution in [0.3, 0.4) is 0 Å². The standard InChI is InChI=1S/C19H26N2O5S/c1-2-8-20-18(25)15-12-13-14(27-15)5-11-26-19(13)6-9-21(10-7-19)16(22)3-4-17(23)24/h12H,2-11H2,1H3,(H,20,25)(H,23,24). The Bertz CT molecular complexity index is 722. The molecular formula is C19H26N2O5S. The number of ether oxygens (including phenoxy) is 1. The van der Waals surface area contributed by atoms with E-state index in [4.69, 9.17) is 9.84 Å². The third-order valence-corrected chi connectivity index (χ3v) is 6.44. The molecular weight excluding hydrogens is 368 g/mol. The van der Waals surface area contributed by atoms with E-state index in [1.54, 1.807) is 16.2 Å². The van der Waals surface area contributed by atoms with Crippen LogP contribution in [0.4, 0.5) is 0 Å². The summed E-state index contributed by atoms with van der Waals surface area (Å²) in [5, 5.41) is 11.7. The van der Waals surface area contributed by atoms with Gasteiger partial charge in [-0.1, -0.05) is 6.92 Å². The fourth-order valence-electron chi connectivity index (χ4n) is 3.76. The van der Waals surface area contributed by atoms with Crippen LogP contribution in [0.5, 0.6) is 0 Å². The molecule has 0 radical (unpaired) electrons. The van der Waals surface area contributed by atoms with Gasteiger partial charge in [0.15, 0.2) is 0 Å². The van der Waals surface area contributed by atoms with Gasteiger partial charge in [-0.3, -0.25) is 14.4 Å².